The number of nitrogens with two attached hydrogens (primary N) is 1. The number of hydrogen-bond acceptors (Lipinski definition) is 4. The zero-order chi connectivity index (χ0) is 18.3. The summed E-state index contributed by atoms with van der Waals surface area (Å²) in [7, 11) is 0. The lowest BCUT2D eigenvalue weighted by Gasteiger charge is -2.06. The Hall–Kier alpha value is -2.76. The third-order valence-electron chi connectivity index (χ3n) is 3.95. The number of nitrogens with one attached hydrogen (secondary N) is 1. The number of furan rings is 1. The molecule has 2 aromatic carbocycles. The van der Waals surface area contributed by atoms with E-state index in [4.69, 9.17) is 33.4 Å². The number of nitrogens with zero attached hydrogens (tertiary/aromatic N) is 1. The van der Waals surface area contributed by atoms with Gasteiger partial charge in [-0.3, -0.25) is 4.98 Å². The Morgan fingerprint density at radius 3 is 2.58 bits per heavy atom. The van der Waals surface area contributed by atoms with Crippen molar-refractivity contribution in [1.82, 2.24) is 4.98 Å². The molecule has 7 heteroatoms. The monoisotopic (exact) mass is 387 g/mol. The number of fused-ring (bicyclic) bond motifs is 1. The van der Waals surface area contributed by atoms with Crippen LogP contribution in [0.3, 0.4) is 0 Å². The number of anilines is 3. The molecule has 4 nitrogen and oxygen atoms in total. The SMILES string of the molecule is Nc1oc2c(-c3ccccc3Cl)ccnc2c1Nc1ccc(F)c(Cl)c1. The second-order valence-corrected chi connectivity index (χ2v) is 6.43. The smallest absolute Gasteiger partial charge is 0.217 e. The summed E-state index contributed by atoms with van der Waals surface area (Å²) in [5.41, 5.74) is 9.73. The van der Waals surface area contributed by atoms with Crippen LogP contribution in [0.25, 0.3) is 22.2 Å². The molecule has 2 heterocycles. The van der Waals surface area contributed by atoms with Crippen LogP contribution >= 0.6 is 23.2 Å². The number of pyridine rings is 1. The highest BCUT2D eigenvalue weighted by Crippen LogP contribution is 2.40. The van der Waals surface area contributed by atoms with Gasteiger partial charge in [-0.05, 0) is 30.3 Å². The quantitative estimate of drug-likeness (QED) is 0.434. The van der Waals surface area contributed by atoms with E-state index in [1.807, 2.05) is 24.3 Å². The van der Waals surface area contributed by atoms with Crippen LogP contribution in [0.15, 0.2) is 59.1 Å². The molecule has 0 unspecified atom stereocenters. The highest BCUT2D eigenvalue weighted by molar-refractivity contribution is 6.33. The fourth-order valence-corrected chi connectivity index (χ4v) is 3.16. The van der Waals surface area contributed by atoms with Crippen LogP contribution in [-0.4, -0.2) is 4.98 Å². The van der Waals surface area contributed by atoms with Crippen molar-refractivity contribution in [3.8, 4) is 11.1 Å². The number of nitrogen functional groups attached to an aromatic ring is 1. The lowest BCUT2D eigenvalue weighted by atomic mass is 10.1. The van der Waals surface area contributed by atoms with Gasteiger partial charge in [-0.15, -0.1) is 0 Å². The van der Waals surface area contributed by atoms with Crippen LogP contribution in [0.1, 0.15) is 0 Å². The molecule has 0 spiro atoms. The molecule has 4 rings (SSSR count). The van der Waals surface area contributed by atoms with Gasteiger partial charge >= 0.3 is 0 Å². The molecular formula is C19H12Cl2FN3O. The van der Waals surface area contributed by atoms with Crippen molar-refractivity contribution in [3.05, 3.63) is 70.6 Å². The maximum atomic E-state index is 13.4. The highest BCUT2D eigenvalue weighted by atomic mass is 35.5. The molecule has 0 aliphatic carbocycles. The highest BCUT2D eigenvalue weighted by Gasteiger charge is 2.18. The second-order valence-electron chi connectivity index (χ2n) is 5.61. The molecule has 0 atom stereocenters. The zero-order valence-electron chi connectivity index (χ0n) is 13.3. The normalized spacial score (nSPS) is 11.0. The first-order chi connectivity index (χ1) is 12.5. The number of aromatic nitrogens is 1. The summed E-state index contributed by atoms with van der Waals surface area (Å²) in [6, 6.07) is 13.5. The van der Waals surface area contributed by atoms with Crippen LogP contribution in [-0.2, 0) is 0 Å². The molecule has 26 heavy (non-hydrogen) atoms. The van der Waals surface area contributed by atoms with Crippen molar-refractivity contribution in [2.75, 3.05) is 11.1 Å². The molecule has 0 bridgehead atoms. The third-order valence-corrected chi connectivity index (χ3v) is 4.57. The van der Waals surface area contributed by atoms with Gasteiger partial charge in [0.15, 0.2) is 5.58 Å². The Balaban J connectivity index is 1.85. The van der Waals surface area contributed by atoms with Gasteiger partial charge in [-0.2, -0.15) is 0 Å². The Bertz CT molecular complexity index is 1130. The molecule has 0 radical (unpaired) electrons. The van der Waals surface area contributed by atoms with Gasteiger partial charge < -0.3 is 15.5 Å². The summed E-state index contributed by atoms with van der Waals surface area (Å²) in [6.07, 6.45) is 1.65. The average Bonchev–Trinajstić information content (AvgIpc) is 2.94. The minimum atomic E-state index is -0.499. The standard InChI is InChI=1S/C19H12Cl2FN3O/c20-13-4-2-1-3-11(13)12-7-8-24-16-17(19(23)26-18(12)16)25-10-5-6-15(22)14(21)9-10/h1-9,25H,23H2. The fraction of sp³-hybridized carbons (Fsp3) is 0. The fourth-order valence-electron chi connectivity index (χ4n) is 2.74. The first-order valence-electron chi connectivity index (χ1n) is 7.68. The molecular weight excluding hydrogens is 376 g/mol. The van der Waals surface area contributed by atoms with Crippen LogP contribution in [0.5, 0.6) is 0 Å². The molecule has 2 aromatic heterocycles. The summed E-state index contributed by atoms with van der Waals surface area (Å²) in [5.74, 6) is -0.339. The number of rotatable bonds is 3. The number of halogens is 3. The molecule has 0 aliphatic heterocycles. The van der Waals surface area contributed by atoms with E-state index in [2.05, 4.69) is 10.3 Å². The number of hydrogen-bond donors (Lipinski definition) is 2. The van der Waals surface area contributed by atoms with Crippen molar-refractivity contribution >= 4 is 51.6 Å². The van der Waals surface area contributed by atoms with Gasteiger partial charge in [0.2, 0.25) is 5.88 Å². The summed E-state index contributed by atoms with van der Waals surface area (Å²) in [6.45, 7) is 0. The van der Waals surface area contributed by atoms with Gasteiger partial charge in [0.1, 0.15) is 17.0 Å². The van der Waals surface area contributed by atoms with E-state index in [9.17, 15) is 4.39 Å². The van der Waals surface area contributed by atoms with E-state index < -0.39 is 5.82 Å². The van der Waals surface area contributed by atoms with E-state index in [0.717, 1.165) is 11.1 Å². The largest absolute Gasteiger partial charge is 0.436 e. The first-order valence-corrected chi connectivity index (χ1v) is 8.44. The van der Waals surface area contributed by atoms with Crippen molar-refractivity contribution < 1.29 is 8.81 Å². The van der Waals surface area contributed by atoms with Crippen molar-refractivity contribution in [2.24, 2.45) is 0 Å². The van der Waals surface area contributed by atoms with E-state index in [0.29, 0.717) is 27.5 Å². The molecule has 4 aromatic rings. The second kappa shape index (κ2) is 6.52. The summed E-state index contributed by atoms with van der Waals surface area (Å²) >= 11 is 12.1. The van der Waals surface area contributed by atoms with Crippen molar-refractivity contribution in [1.29, 1.82) is 0 Å². The average molecular weight is 388 g/mol. The number of benzene rings is 2. The van der Waals surface area contributed by atoms with E-state index in [1.165, 1.54) is 12.1 Å². The molecule has 0 saturated carbocycles. The molecule has 0 aliphatic rings. The molecule has 3 N–H and O–H groups in total. The predicted octanol–water partition coefficient (Wildman–Crippen LogP) is 6.27. The maximum Gasteiger partial charge on any atom is 0.217 e. The maximum absolute atomic E-state index is 13.4. The Morgan fingerprint density at radius 1 is 1.00 bits per heavy atom. The molecule has 0 amide bonds. The van der Waals surface area contributed by atoms with Crippen LogP contribution in [0.4, 0.5) is 21.6 Å². The zero-order valence-corrected chi connectivity index (χ0v) is 14.8. The van der Waals surface area contributed by atoms with Gasteiger partial charge in [-0.1, -0.05) is 41.4 Å². The minimum Gasteiger partial charge on any atom is -0.436 e. The molecule has 0 saturated heterocycles. The van der Waals surface area contributed by atoms with Gasteiger partial charge in [-0.25, -0.2) is 4.39 Å². The van der Waals surface area contributed by atoms with Crippen LogP contribution in [0, 0.1) is 5.82 Å². The summed E-state index contributed by atoms with van der Waals surface area (Å²) in [4.78, 5) is 4.37. The lowest BCUT2D eigenvalue weighted by Crippen LogP contribution is -1.94. The Labute approximate surface area is 158 Å². The van der Waals surface area contributed by atoms with Crippen molar-refractivity contribution in [3.63, 3.8) is 0 Å². The Morgan fingerprint density at radius 2 is 1.81 bits per heavy atom. The predicted molar refractivity (Wildman–Crippen MR) is 104 cm³/mol. The van der Waals surface area contributed by atoms with Crippen molar-refractivity contribution in [2.45, 2.75) is 0 Å². The summed E-state index contributed by atoms with van der Waals surface area (Å²) in [5, 5.41) is 3.69. The van der Waals surface area contributed by atoms with E-state index in [-0.39, 0.29) is 10.9 Å². The van der Waals surface area contributed by atoms with Gasteiger partial charge in [0.05, 0.1) is 5.02 Å². The Kier molecular flexibility index (Phi) is 4.18. The summed E-state index contributed by atoms with van der Waals surface area (Å²) < 4.78 is 19.1. The van der Waals surface area contributed by atoms with Crippen LogP contribution in [0.2, 0.25) is 10.0 Å². The van der Waals surface area contributed by atoms with Gasteiger partial charge in [0, 0.05) is 28.0 Å². The lowest BCUT2D eigenvalue weighted by molar-refractivity contribution is 0.628. The first kappa shape index (κ1) is 16.7. The van der Waals surface area contributed by atoms with E-state index in [1.54, 1.807) is 18.3 Å². The van der Waals surface area contributed by atoms with E-state index >= 15 is 0 Å². The van der Waals surface area contributed by atoms with Gasteiger partial charge in [0.25, 0.3) is 0 Å². The van der Waals surface area contributed by atoms with Crippen LogP contribution < -0.4 is 11.1 Å². The topological polar surface area (TPSA) is 64.1 Å². The molecule has 130 valence electrons. The minimum absolute atomic E-state index is 0.00564. The third kappa shape index (κ3) is 2.85. The molecule has 0 fully saturated rings.